The van der Waals surface area contributed by atoms with Crippen LogP contribution in [-0.2, 0) is 0 Å². The number of aromatic nitrogens is 2. The van der Waals surface area contributed by atoms with Crippen molar-refractivity contribution in [1.82, 2.24) is 19.8 Å². The molecular weight excluding hydrogens is 554 g/mol. The van der Waals surface area contributed by atoms with Crippen LogP contribution in [0.25, 0.3) is 20.7 Å². The number of nitrogen functional groups attached to an aromatic ring is 1. The van der Waals surface area contributed by atoms with Gasteiger partial charge in [0.15, 0.2) is 5.82 Å². The first-order chi connectivity index (χ1) is 20.4. The van der Waals surface area contributed by atoms with Crippen LogP contribution in [0.5, 0.6) is 0 Å². The summed E-state index contributed by atoms with van der Waals surface area (Å²) < 4.78 is 32.0. The predicted octanol–water partition coefficient (Wildman–Crippen LogP) is 5.37. The molecule has 4 aromatic rings. The van der Waals surface area contributed by atoms with Crippen LogP contribution in [0.1, 0.15) is 30.9 Å². The topological polar surface area (TPSA) is 77.1 Å². The zero-order valence-corrected chi connectivity index (χ0v) is 24.4. The van der Waals surface area contributed by atoms with E-state index in [1.165, 1.54) is 23.5 Å². The number of hydrogen-bond donors (Lipinski definition) is 1. The van der Waals surface area contributed by atoms with Gasteiger partial charge in [0.25, 0.3) is 0 Å². The van der Waals surface area contributed by atoms with E-state index in [2.05, 4.69) is 44.0 Å². The maximum absolute atomic E-state index is 15.6. The Morgan fingerprint density at radius 3 is 2.33 bits per heavy atom. The number of nitrogens with two attached hydrogens (primary N) is 1. The fourth-order valence-electron chi connectivity index (χ4n) is 6.45. The Labute approximate surface area is 248 Å². The van der Waals surface area contributed by atoms with Crippen molar-refractivity contribution in [2.75, 3.05) is 62.0 Å². The Morgan fingerprint density at radius 1 is 0.905 bits per heavy atom. The summed E-state index contributed by atoms with van der Waals surface area (Å²) >= 11 is 1.39. The average Bonchev–Trinajstić information content (AvgIpc) is 3.66. The summed E-state index contributed by atoms with van der Waals surface area (Å²) in [5, 5.41) is 6.47. The molecule has 0 aliphatic carbocycles. The number of rotatable bonds is 5. The van der Waals surface area contributed by atoms with Gasteiger partial charge in [0.1, 0.15) is 17.3 Å². The normalized spacial score (nSPS) is 20.7. The molecule has 0 spiro atoms. The Hall–Kier alpha value is -3.67. The number of piperidine rings is 1. The van der Waals surface area contributed by atoms with Crippen molar-refractivity contribution in [3.05, 3.63) is 65.7 Å². The van der Waals surface area contributed by atoms with Crippen LogP contribution >= 0.6 is 11.3 Å². The number of benzene rings is 2. The fraction of sp³-hybridized carbons (Fsp3) is 0.387. The number of likely N-dealkylation sites (N-methyl/N-ethyl adjacent to an activating group) is 1. The lowest BCUT2D eigenvalue weighted by molar-refractivity contribution is 0.0980. The Morgan fingerprint density at radius 2 is 1.62 bits per heavy atom. The van der Waals surface area contributed by atoms with Gasteiger partial charge < -0.3 is 15.5 Å². The molecular formula is C31H34F2N8S. The van der Waals surface area contributed by atoms with Crippen molar-refractivity contribution in [2.24, 2.45) is 5.10 Å². The number of piperazine rings is 1. The third-order valence-electron chi connectivity index (χ3n) is 8.74. The second-order valence-electron chi connectivity index (χ2n) is 11.4. The van der Waals surface area contributed by atoms with Crippen molar-refractivity contribution >= 4 is 45.2 Å². The van der Waals surface area contributed by atoms with E-state index in [1.54, 1.807) is 0 Å². The molecule has 2 saturated heterocycles. The molecule has 2 aromatic carbocycles. The lowest BCUT2D eigenvalue weighted by atomic mass is 10.0. The number of fused-ring (bicyclic) bond motifs is 1. The van der Waals surface area contributed by atoms with Gasteiger partial charge in [0.05, 0.1) is 16.3 Å². The molecule has 2 aromatic heterocycles. The van der Waals surface area contributed by atoms with E-state index in [0.717, 1.165) is 55.7 Å². The molecule has 1 unspecified atom stereocenters. The number of halogens is 2. The Balaban J connectivity index is 1.14. The molecule has 11 heteroatoms. The summed E-state index contributed by atoms with van der Waals surface area (Å²) in [4.78, 5) is 16.4. The van der Waals surface area contributed by atoms with Crippen LogP contribution in [0.15, 0.2) is 53.6 Å². The van der Waals surface area contributed by atoms with Crippen LogP contribution in [0, 0.1) is 11.6 Å². The highest BCUT2D eigenvalue weighted by atomic mass is 32.1. The van der Waals surface area contributed by atoms with Crippen LogP contribution in [0.3, 0.4) is 0 Å². The first kappa shape index (κ1) is 27.2. The van der Waals surface area contributed by atoms with Gasteiger partial charge in [-0.05, 0) is 49.2 Å². The molecule has 0 saturated carbocycles. The van der Waals surface area contributed by atoms with Crippen molar-refractivity contribution in [1.29, 1.82) is 0 Å². The van der Waals surface area contributed by atoms with E-state index in [0.29, 0.717) is 40.9 Å². The van der Waals surface area contributed by atoms with Crippen LogP contribution in [0.4, 0.5) is 26.2 Å². The Bertz CT molecular complexity index is 1590. The second-order valence-corrected chi connectivity index (χ2v) is 12.4. The van der Waals surface area contributed by atoms with Gasteiger partial charge in [-0.15, -0.1) is 11.3 Å². The highest BCUT2D eigenvalue weighted by molar-refractivity contribution is 7.22. The number of hydrogen-bond acceptors (Lipinski definition) is 9. The summed E-state index contributed by atoms with van der Waals surface area (Å²) in [6, 6.07) is 15.3. The Kier molecular flexibility index (Phi) is 7.25. The van der Waals surface area contributed by atoms with Crippen LogP contribution in [0.2, 0.25) is 0 Å². The first-order valence-electron chi connectivity index (χ1n) is 14.6. The minimum Gasteiger partial charge on any atom is -0.368 e. The lowest BCUT2D eigenvalue weighted by Crippen LogP contribution is -2.52. The number of anilines is 3. The highest BCUT2D eigenvalue weighted by Crippen LogP contribution is 2.43. The van der Waals surface area contributed by atoms with Gasteiger partial charge in [0.2, 0.25) is 5.95 Å². The molecule has 8 nitrogen and oxygen atoms in total. The van der Waals surface area contributed by atoms with Gasteiger partial charge in [-0.25, -0.2) is 18.8 Å². The van der Waals surface area contributed by atoms with Crippen molar-refractivity contribution < 1.29 is 8.78 Å². The van der Waals surface area contributed by atoms with Crippen molar-refractivity contribution in [3.8, 4) is 10.4 Å². The molecule has 3 aliphatic rings. The quantitative estimate of drug-likeness (QED) is 0.336. The van der Waals surface area contributed by atoms with Crippen molar-refractivity contribution in [3.63, 3.8) is 0 Å². The first-order valence-corrected chi connectivity index (χ1v) is 15.4. The standard InChI is InChI=1S/C31H34F2N8S/c1-38-13-15-39(16-14-38)22-8-11-40(12-9-22)28-23(32)17-21(18-24(28)33)27-19-25-29(42-27)30(37-31(34)36-25)41-26(7-10-35-41)20-5-3-2-4-6-20/h2-6,10,17-19,22,26H,7-9,11-16H2,1H3,(H2,34,36,37). The molecule has 0 radical (unpaired) electrons. The van der Waals surface area contributed by atoms with Crippen LogP contribution in [-0.4, -0.2) is 78.3 Å². The number of hydrazone groups is 1. The maximum Gasteiger partial charge on any atom is 0.222 e. The zero-order valence-electron chi connectivity index (χ0n) is 23.6. The predicted molar refractivity (Wildman–Crippen MR) is 166 cm³/mol. The van der Waals surface area contributed by atoms with Gasteiger partial charge in [-0.1, -0.05) is 30.3 Å². The zero-order chi connectivity index (χ0) is 28.8. The summed E-state index contributed by atoms with van der Waals surface area (Å²) in [6.45, 7) is 5.54. The minimum atomic E-state index is -0.542. The molecule has 1 atom stereocenters. The average molecular weight is 589 g/mol. The van der Waals surface area contributed by atoms with E-state index >= 15 is 8.78 Å². The van der Waals surface area contributed by atoms with Crippen LogP contribution < -0.4 is 15.6 Å². The molecule has 7 rings (SSSR count). The largest absolute Gasteiger partial charge is 0.368 e. The summed E-state index contributed by atoms with van der Waals surface area (Å²) in [6.07, 6.45) is 4.42. The maximum atomic E-state index is 15.6. The molecule has 2 fully saturated rings. The monoisotopic (exact) mass is 588 g/mol. The number of nitrogens with zero attached hydrogens (tertiary/aromatic N) is 7. The molecule has 42 heavy (non-hydrogen) atoms. The van der Waals surface area contributed by atoms with Gasteiger partial charge >= 0.3 is 0 Å². The third-order valence-corrected chi connectivity index (χ3v) is 9.91. The summed E-state index contributed by atoms with van der Waals surface area (Å²) in [7, 11) is 2.15. The van der Waals surface area contributed by atoms with E-state index in [-0.39, 0.29) is 17.7 Å². The molecule has 5 heterocycles. The van der Waals surface area contributed by atoms with E-state index in [1.807, 2.05) is 40.4 Å². The molecule has 0 bridgehead atoms. The second kappa shape index (κ2) is 11.2. The summed E-state index contributed by atoms with van der Waals surface area (Å²) in [5.41, 5.74) is 8.39. The number of thiophene rings is 1. The molecule has 0 amide bonds. The van der Waals surface area contributed by atoms with Gasteiger partial charge in [0, 0.05) is 62.8 Å². The van der Waals surface area contributed by atoms with Gasteiger partial charge in [-0.3, -0.25) is 4.90 Å². The van der Waals surface area contributed by atoms with Gasteiger partial charge in [-0.2, -0.15) is 10.1 Å². The summed E-state index contributed by atoms with van der Waals surface area (Å²) in [5.74, 6) is -0.361. The van der Waals surface area contributed by atoms with E-state index in [4.69, 9.17) is 5.73 Å². The fourth-order valence-corrected chi connectivity index (χ4v) is 7.52. The molecule has 2 N–H and O–H groups in total. The molecule has 3 aliphatic heterocycles. The minimum absolute atomic E-state index is 0.0242. The van der Waals surface area contributed by atoms with Crippen molar-refractivity contribution in [2.45, 2.75) is 31.3 Å². The SMILES string of the molecule is CN1CCN(C2CCN(c3c(F)cc(-c4cc5nc(N)nc(N6N=CCC6c6ccccc6)c5s4)cc3F)CC2)CC1. The third kappa shape index (κ3) is 5.10. The van der Waals surface area contributed by atoms with E-state index in [9.17, 15) is 0 Å². The molecule has 218 valence electrons. The smallest absolute Gasteiger partial charge is 0.222 e. The van der Waals surface area contributed by atoms with E-state index < -0.39 is 11.6 Å². The lowest BCUT2D eigenvalue weighted by Gasteiger charge is -2.42. The highest BCUT2D eigenvalue weighted by Gasteiger charge is 2.30.